The summed E-state index contributed by atoms with van der Waals surface area (Å²) in [5.74, 6) is 0.761. The Hall–Kier alpha value is -1.55. The van der Waals surface area contributed by atoms with Gasteiger partial charge in [0.05, 0.1) is 20.1 Å². The average Bonchev–Trinajstić information content (AvgIpc) is 2.46. The van der Waals surface area contributed by atoms with Gasteiger partial charge in [-0.1, -0.05) is 6.07 Å². The zero-order valence-electron chi connectivity index (χ0n) is 13.4. The minimum atomic E-state index is -0.161. The van der Waals surface area contributed by atoms with E-state index in [1.165, 1.54) is 11.1 Å². The molecule has 1 unspecified atom stereocenters. The molecule has 0 fully saturated rings. The summed E-state index contributed by atoms with van der Waals surface area (Å²) >= 11 is 0. The SMILES string of the molecule is CCOC(=O)CC1(N(C)C)CCc2ccc(OC)cc2C1. The second-order valence-corrected chi connectivity index (χ2v) is 5.91. The van der Waals surface area contributed by atoms with Crippen LogP contribution in [0.15, 0.2) is 18.2 Å². The Kier molecular flexibility index (Phi) is 4.88. The van der Waals surface area contributed by atoms with Crippen molar-refractivity contribution in [2.45, 2.75) is 38.1 Å². The maximum absolute atomic E-state index is 12.0. The molecule has 0 heterocycles. The first-order valence-electron chi connectivity index (χ1n) is 7.49. The topological polar surface area (TPSA) is 38.8 Å². The Morgan fingerprint density at radius 2 is 2.10 bits per heavy atom. The first-order valence-corrected chi connectivity index (χ1v) is 7.49. The summed E-state index contributed by atoms with van der Waals surface area (Å²) in [6, 6.07) is 6.24. The van der Waals surface area contributed by atoms with Crippen LogP contribution in [0.2, 0.25) is 0 Å². The molecular weight excluding hydrogens is 266 g/mol. The Morgan fingerprint density at radius 1 is 1.33 bits per heavy atom. The zero-order valence-corrected chi connectivity index (χ0v) is 13.4. The quantitative estimate of drug-likeness (QED) is 0.781. The number of hydrogen-bond acceptors (Lipinski definition) is 4. The van der Waals surface area contributed by atoms with Crippen LogP contribution in [0.1, 0.15) is 30.9 Å². The van der Waals surface area contributed by atoms with E-state index in [-0.39, 0.29) is 11.5 Å². The third kappa shape index (κ3) is 3.38. The van der Waals surface area contributed by atoms with Gasteiger partial charge in [-0.3, -0.25) is 4.79 Å². The molecule has 116 valence electrons. The summed E-state index contributed by atoms with van der Waals surface area (Å²) in [5.41, 5.74) is 2.47. The van der Waals surface area contributed by atoms with Crippen molar-refractivity contribution in [3.8, 4) is 5.75 Å². The maximum Gasteiger partial charge on any atom is 0.307 e. The normalized spacial score (nSPS) is 21.0. The smallest absolute Gasteiger partial charge is 0.307 e. The summed E-state index contributed by atoms with van der Waals surface area (Å²) in [4.78, 5) is 14.2. The zero-order chi connectivity index (χ0) is 15.5. The number of ether oxygens (including phenoxy) is 2. The summed E-state index contributed by atoms with van der Waals surface area (Å²) in [6.07, 6.45) is 3.24. The Labute approximate surface area is 127 Å². The third-order valence-corrected chi connectivity index (χ3v) is 4.52. The van der Waals surface area contributed by atoms with E-state index in [2.05, 4.69) is 17.0 Å². The van der Waals surface area contributed by atoms with Gasteiger partial charge in [0.2, 0.25) is 0 Å². The minimum absolute atomic E-state index is 0.113. The summed E-state index contributed by atoms with van der Waals surface area (Å²) in [7, 11) is 5.77. The van der Waals surface area contributed by atoms with Crippen molar-refractivity contribution in [1.82, 2.24) is 4.90 Å². The molecule has 0 bridgehead atoms. The number of esters is 1. The number of benzene rings is 1. The number of fused-ring (bicyclic) bond motifs is 1. The highest BCUT2D eigenvalue weighted by Crippen LogP contribution is 2.36. The lowest BCUT2D eigenvalue weighted by Gasteiger charge is -2.43. The molecule has 1 aliphatic carbocycles. The van der Waals surface area contributed by atoms with Crippen molar-refractivity contribution in [1.29, 1.82) is 0 Å². The lowest BCUT2D eigenvalue weighted by atomic mass is 9.75. The molecule has 1 aromatic carbocycles. The van der Waals surface area contributed by atoms with E-state index in [0.29, 0.717) is 13.0 Å². The van der Waals surface area contributed by atoms with Crippen LogP contribution in [0, 0.1) is 0 Å². The van der Waals surface area contributed by atoms with E-state index < -0.39 is 0 Å². The van der Waals surface area contributed by atoms with E-state index in [4.69, 9.17) is 9.47 Å². The van der Waals surface area contributed by atoms with Crippen molar-refractivity contribution in [2.24, 2.45) is 0 Å². The summed E-state index contributed by atoms with van der Waals surface area (Å²) in [5, 5.41) is 0. The molecule has 0 saturated heterocycles. The molecule has 21 heavy (non-hydrogen) atoms. The van der Waals surface area contributed by atoms with Crippen LogP contribution in [0.25, 0.3) is 0 Å². The van der Waals surface area contributed by atoms with Gasteiger partial charge in [0.25, 0.3) is 0 Å². The molecule has 0 saturated carbocycles. The van der Waals surface area contributed by atoms with Crippen molar-refractivity contribution in [2.75, 3.05) is 27.8 Å². The fraction of sp³-hybridized carbons (Fsp3) is 0.588. The molecule has 0 amide bonds. The molecule has 0 spiro atoms. The molecule has 4 heteroatoms. The number of aryl methyl sites for hydroxylation is 1. The molecule has 4 nitrogen and oxygen atoms in total. The highest BCUT2D eigenvalue weighted by atomic mass is 16.5. The number of methoxy groups -OCH3 is 1. The van der Waals surface area contributed by atoms with Gasteiger partial charge in [-0.2, -0.15) is 0 Å². The number of carbonyl (C=O) groups is 1. The minimum Gasteiger partial charge on any atom is -0.497 e. The molecule has 2 rings (SSSR count). The van der Waals surface area contributed by atoms with Gasteiger partial charge in [0.15, 0.2) is 0 Å². The third-order valence-electron chi connectivity index (χ3n) is 4.52. The van der Waals surface area contributed by atoms with Crippen molar-refractivity contribution in [3.05, 3.63) is 29.3 Å². The molecular formula is C17H25NO3. The molecule has 0 N–H and O–H groups in total. The van der Waals surface area contributed by atoms with Crippen LogP contribution in [0.5, 0.6) is 5.75 Å². The first kappa shape index (κ1) is 15.8. The summed E-state index contributed by atoms with van der Waals surface area (Å²) < 4.78 is 10.5. The van der Waals surface area contributed by atoms with E-state index in [1.807, 2.05) is 27.1 Å². The van der Waals surface area contributed by atoms with Gasteiger partial charge in [-0.05, 0) is 63.5 Å². The first-order chi connectivity index (χ1) is 10.0. The average molecular weight is 291 g/mol. The van der Waals surface area contributed by atoms with Crippen LogP contribution >= 0.6 is 0 Å². The number of hydrogen-bond donors (Lipinski definition) is 0. The largest absolute Gasteiger partial charge is 0.497 e. The lowest BCUT2D eigenvalue weighted by molar-refractivity contribution is -0.146. The molecule has 0 aromatic heterocycles. The van der Waals surface area contributed by atoms with Gasteiger partial charge in [-0.25, -0.2) is 0 Å². The van der Waals surface area contributed by atoms with Crippen LogP contribution in [-0.4, -0.2) is 44.2 Å². The van der Waals surface area contributed by atoms with Gasteiger partial charge < -0.3 is 14.4 Å². The highest BCUT2D eigenvalue weighted by molar-refractivity contribution is 5.71. The highest BCUT2D eigenvalue weighted by Gasteiger charge is 2.39. The number of nitrogens with zero attached hydrogens (tertiary/aromatic N) is 1. The van der Waals surface area contributed by atoms with E-state index in [0.717, 1.165) is 25.0 Å². The van der Waals surface area contributed by atoms with Gasteiger partial charge in [0, 0.05) is 5.54 Å². The lowest BCUT2D eigenvalue weighted by Crippen LogP contribution is -2.50. The molecule has 0 aliphatic heterocycles. The standard InChI is InChI=1S/C17H25NO3/c1-5-21-16(19)12-17(18(2)3)9-8-13-6-7-15(20-4)10-14(13)11-17/h6-7,10H,5,8-9,11-12H2,1-4H3. The van der Waals surface area contributed by atoms with Crippen molar-refractivity contribution < 1.29 is 14.3 Å². The molecule has 1 aliphatic rings. The van der Waals surface area contributed by atoms with Gasteiger partial charge >= 0.3 is 5.97 Å². The van der Waals surface area contributed by atoms with Gasteiger partial charge in [-0.15, -0.1) is 0 Å². The predicted molar refractivity (Wildman–Crippen MR) is 82.7 cm³/mol. The Bertz CT molecular complexity index is 513. The Morgan fingerprint density at radius 3 is 2.71 bits per heavy atom. The van der Waals surface area contributed by atoms with Crippen LogP contribution in [0.4, 0.5) is 0 Å². The second kappa shape index (κ2) is 6.48. The maximum atomic E-state index is 12.0. The predicted octanol–water partition coefficient (Wildman–Crippen LogP) is 2.44. The fourth-order valence-corrected chi connectivity index (χ4v) is 3.12. The van der Waals surface area contributed by atoms with E-state index in [1.54, 1.807) is 7.11 Å². The summed E-state index contributed by atoms with van der Waals surface area (Å²) in [6.45, 7) is 2.29. The molecule has 1 aromatic rings. The van der Waals surface area contributed by atoms with Crippen LogP contribution in [-0.2, 0) is 22.4 Å². The Balaban J connectivity index is 2.26. The molecule has 1 atom stereocenters. The number of likely N-dealkylation sites (N-methyl/N-ethyl adjacent to an activating group) is 1. The van der Waals surface area contributed by atoms with E-state index >= 15 is 0 Å². The van der Waals surface area contributed by atoms with Gasteiger partial charge in [0.1, 0.15) is 5.75 Å². The fourth-order valence-electron chi connectivity index (χ4n) is 3.12. The second-order valence-electron chi connectivity index (χ2n) is 5.91. The number of carbonyl (C=O) groups excluding carboxylic acids is 1. The number of rotatable bonds is 5. The monoisotopic (exact) mass is 291 g/mol. The van der Waals surface area contributed by atoms with Crippen molar-refractivity contribution in [3.63, 3.8) is 0 Å². The van der Waals surface area contributed by atoms with E-state index in [9.17, 15) is 4.79 Å². The molecule has 0 radical (unpaired) electrons. The van der Waals surface area contributed by atoms with Crippen LogP contribution in [0.3, 0.4) is 0 Å². The van der Waals surface area contributed by atoms with Crippen molar-refractivity contribution >= 4 is 5.97 Å². The van der Waals surface area contributed by atoms with Crippen LogP contribution < -0.4 is 4.74 Å².